The van der Waals surface area contributed by atoms with Gasteiger partial charge in [-0.2, -0.15) is 0 Å². The lowest BCUT2D eigenvalue weighted by atomic mass is 10.0. The molecule has 0 aliphatic rings. The molecule has 0 amide bonds. The van der Waals surface area contributed by atoms with E-state index < -0.39 is 11.9 Å². The van der Waals surface area contributed by atoms with E-state index in [0.29, 0.717) is 12.6 Å². The van der Waals surface area contributed by atoms with Gasteiger partial charge in [-0.3, -0.25) is 4.57 Å². The van der Waals surface area contributed by atoms with Crippen LogP contribution in [0.25, 0.3) is 0 Å². The van der Waals surface area contributed by atoms with Crippen LogP contribution in [-0.4, -0.2) is 38.3 Å². The van der Waals surface area contributed by atoms with E-state index in [1.807, 2.05) is 35.9 Å². The maximum atomic E-state index is 10.6. The second-order valence-electron chi connectivity index (χ2n) is 5.84. The summed E-state index contributed by atoms with van der Waals surface area (Å²) in [4.78, 5) is 25.4. The number of benzene rings is 2. The lowest BCUT2D eigenvalue weighted by Crippen LogP contribution is -2.06. The third-order valence-electron chi connectivity index (χ3n) is 3.94. The molecular weight excluding hydrogens is 360 g/mol. The second-order valence-corrected chi connectivity index (χ2v) is 5.84. The van der Waals surface area contributed by atoms with E-state index in [0.717, 1.165) is 6.54 Å². The van der Waals surface area contributed by atoms with Crippen molar-refractivity contribution in [2.24, 2.45) is 0 Å². The van der Waals surface area contributed by atoms with Crippen LogP contribution in [0.1, 0.15) is 38.8 Å². The average Bonchev–Trinajstić information content (AvgIpc) is 3.10. The van der Waals surface area contributed by atoms with Crippen LogP contribution in [0.3, 0.4) is 0 Å². The predicted octanol–water partition coefficient (Wildman–Crippen LogP) is 3.72. The molecule has 7 heteroatoms. The first kappa shape index (κ1) is 20.7. The third-order valence-corrected chi connectivity index (χ3v) is 3.94. The average molecular weight is 382 g/mol. The molecule has 0 spiro atoms. The molecule has 2 N–H and O–H groups in total. The minimum Gasteiger partial charge on any atom is -0.478 e. The maximum absolute atomic E-state index is 10.6. The highest BCUT2D eigenvalue weighted by molar-refractivity contribution is 5.96. The van der Waals surface area contributed by atoms with E-state index in [1.54, 1.807) is 6.20 Å². The molecule has 0 aliphatic heterocycles. The first-order valence-electron chi connectivity index (χ1n) is 8.68. The highest BCUT2D eigenvalue weighted by Crippen LogP contribution is 2.13. The molecule has 28 heavy (non-hydrogen) atoms. The topological polar surface area (TPSA) is 102 Å². The van der Waals surface area contributed by atoms with Gasteiger partial charge >= 0.3 is 11.9 Å². The first-order chi connectivity index (χ1) is 13.4. The molecule has 0 saturated carbocycles. The molecule has 3 aromatic rings. The summed E-state index contributed by atoms with van der Waals surface area (Å²) in [6.07, 6.45) is 3.69. The Hall–Kier alpha value is -3.61. The summed E-state index contributed by atoms with van der Waals surface area (Å²) in [6.45, 7) is 4.89. The van der Waals surface area contributed by atoms with Crippen LogP contribution in [0.2, 0.25) is 0 Å². The van der Waals surface area contributed by atoms with Crippen LogP contribution in [0.5, 0.6) is 6.01 Å². The summed E-state index contributed by atoms with van der Waals surface area (Å²) >= 11 is 0. The minimum atomic E-state index is -1.11. The van der Waals surface area contributed by atoms with Gasteiger partial charge in [0.1, 0.15) is 0 Å². The van der Waals surface area contributed by atoms with Gasteiger partial charge < -0.3 is 14.9 Å². The Morgan fingerprint density at radius 2 is 1.61 bits per heavy atom. The van der Waals surface area contributed by atoms with Crippen LogP contribution >= 0.6 is 0 Å². The summed E-state index contributed by atoms with van der Waals surface area (Å²) < 4.78 is 7.40. The van der Waals surface area contributed by atoms with Crippen molar-refractivity contribution in [1.29, 1.82) is 0 Å². The van der Waals surface area contributed by atoms with Gasteiger partial charge in [-0.15, -0.1) is 0 Å². The van der Waals surface area contributed by atoms with Crippen molar-refractivity contribution in [3.8, 4) is 6.01 Å². The lowest BCUT2D eigenvalue weighted by Gasteiger charge is -2.07. The fraction of sp³-hybridized carbons (Fsp3) is 0.190. The zero-order chi connectivity index (χ0) is 20.5. The molecule has 3 rings (SSSR count). The molecule has 0 atom stereocenters. The fourth-order valence-electron chi connectivity index (χ4n) is 2.56. The maximum Gasteiger partial charge on any atom is 0.335 e. The molecule has 0 aliphatic carbocycles. The summed E-state index contributed by atoms with van der Waals surface area (Å²) in [7, 11) is 0. The van der Waals surface area contributed by atoms with Gasteiger partial charge in [-0.25, -0.2) is 14.6 Å². The summed E-state index contributed by atoms with van der Waals surface area (Å²) in [5, 5.41) is 17.4. The largest absolute Gasteiger partial charge is 0.478 e. The number of imidazole rings is 1. The highest BCUT2D eigenvalue weighted by Gasteiger charge is 2.13. The van der Waals surface area contributed by atoms with Gasteiger partial charge in [0, 0.05) is 12.4 Å². The molecule has 0 bridgehead atoms. The zero-order valence-electron chi connectivity index (χ0n) is 15.7. The number of carbonyl (C=O) groups is 2. The molecular formula is C21H22N2O5. The molecule has 0 unspecified atom stereocenters. The molecule has 7 nitrogen and oxygen atoms in total. The molecule has 146 valence electrons. The standard InChI is InChI=1S/C12H14N2O.C9H8O4/c1-2-15-12-13-8-9-14(12)10-11-6-4-3-5-7-11;1-5-6(8(10)11)3-2-4-7(5)9(12)13/h3-9H,2,10H2,1H3;2-4H,1H3,(H,10,11)(H,12,13). The van der Waals surface area contributed by atoms with Gasteiger partial charge in [-0.05, 0) is 37.1 Å². The lowest BCUT2D eigenvalue weighted by molar-refractivity contribution is 0.0696. The fourth-order valence-corrected chi connectivity index (χ4v) is 2.56. The van der Waals surface area contributed by atoms with Crippen molar-refractivity contribution in [2.75, 3.05) is 6.61 Å². The highest BCUT2D eigenvalue weighted by atomic mass is 16.5. The molecule has 2 aromatic carbocycles. The van der Waals surface area contributed by atoms with Crippen LogP contribution in [0.4, 0.5) is 0 Å². The van der Waals surface area contributed by atoms with Crippen molar-refractivity contribution >= 4 is 11.9 Å². The third kappa shape index (κ3) is 5.44. The smallest absolute Gasteiger partial charge is 0.335 e. The van der Waals surface area contributed by atoms with Crippen molar-refractivity contribution in [3.63, 3.8) is 0 Å². The van der Waals surface area contributed by atoms with Crippen LogP contribution in [0.15, 0.2) is 60.9 Å². The number of hydrogen-bond donors (Lipinski definition) is 2. The van der Waals surface area contributed by atoms with E-state index in [1.165, 1.54) is 30.7 Å². The summed E-state index contributed by atoms with van der Waals surface area (Å²) in [6, 6.07) is 15.1. The van der Waals surface area contributed by atoms with E-state index >= 15 is 0 Å². The Morgan fingerprint density at radius 1 is 1.00 bits per heavy atom. The normalized spacial score (nSPS) is 9.93. The number of hydrogen-bond acceptors (Lipinski definition) is 4. The quantitative estimate of drug-likeness (QED) is 0.674. The molecule has 1 heterocycles. The van der Waals surface area contributed by atoms with Crippen molar-refractivity contribution < 1.29 is 24.5 Å². The van der Waals surface area contributed by atoms with Gasteiger partial charge in [0.15, 0.2) is 0 Å². The summed E-state index contributed by atoms with van der Waals surface area (Å²) in [5.41, 5.74) is 1.58. The Kier molecular flexibility index (Phi) is 7.33. The van der Waals surface area contributed by atoms with E-state index in [4.69, 9.17) is 14.9 Å². The van der Waals surface area contributed by atoms with E-state index in [2.05, 4.69) is 17.1 Å². The SMILES string of the molecule is CCOc1nccn1Cc1ccccc1.Cc1c(C(=O)O)cccc1C(=O)O. The van der Waals surface area contributed by atoms with Crippen LogP contribution < -0.4 is 4.74 Å². The Labute approximate surface area is 162 Å². The van der Waals surface area contributed by atoms with Crippen LogP contribution in [-0.2, 0) is 6.54 Å². The van der Waals surface area contributed by atoms with Gasteiger partial charge in [0.2, 0.25) is 0 Å². The second kappa shape index (κ2) is 9.91. The van der Waals surface area contributed by atoms with Crippen LogP contribution in [0, 0.1) is 6.92 Å². The number of nitrogens with zero attached hydrogens (tertiary/aromatic N) is 2. The zero-order valence-corrected chi connectivity index (χ0v) is 15.7. The van der Waals surface area contributed by atoms with Crippen molar-refractivity contribution in [2.45, 2.75) is 20.4 Å². The number of aromatic carboxylic acids is 2. The van der Waals surface area contributed by atoms with Gasteiger partial charge in [0.05, 0.1) is 24.3 Å². The Morgan fingerprint density at radius 3 is 2.14 bits per heavy atom. The van der Waals surface area contributed by atoms with Crippen molar-refractivity contribution in [3.05, 3.63) is 83.2 Å². The first-order valence-corrected chi connectivity index (χ1v) is 8.68. The van der Waals surface area contributed by atoms with Gasteiger partial charge in [0.25, 0.3) is 6.01 Å². The van der Waals surface area contributed by atoms with E-state index in [-0.39, 0.29) is 16.7 Å². The molecule has 0 fully saturated rings. The van der Waals surface area contributed by atoms with E-state index in [9.17, 15) is 9.59 Å². The van der Waals surface area contributed by atoms with Crippen molar-refractivity contribution in [1.82, 2.24) is 9.55 Å². The predicted molar refractivity (Wildman–Crippen MR) is 104 cm³/mol. The number of ether oxygens (including phenoxy) is 1. The molecule has 1 aromatic heterocycles. The monoisotopic (exact) mass is 382 g/mol. The Balaban J connectivity index is 0.000000203. The molecule has 0 radical (unpaired) electrons. The summed E-state index contributed by atoms with van der Waals surface area (Å²) in [5.74, 6) is -2.22. The number of rotatable bonds is 6. The Bertz CT molecular complexity index is 903. The number of aromatic nitrogens is 2. The molecule has 0 saturated heterocycles. The number of carboxylic acids is 2. The minimum absolute atomic E-state index is 0.0277. The van der Waals surface area contributed by atoms with Gasteiger partial charge in [-0.1, -0.05) is 36.4 Å². The number of carboxylic acid groups (broad SMARTS) is 2.